The molecule has 3 heterocycles. The molecule has 0 amide bonds. The van der Waals surface area contributed by atoms with Gasteiger partial charge < -0.3 is 19.7 Å². The molecule has 1 saturated heterocycles. The Kier molecular flexibility index (Phi) is 5.39. The molecule has 2 aromatic rings. The van der Waals surface area contributed by atoms with Crippen molar-refractivity contribution in [1.29, 1.82) is 0 Å². The van der Waals surface area contributed by atoms with Gasteiger partial charge in [-0.25, -0.2) is 15.0 Å². The van der Waals surface area contributed by atoms with Crippen LogP contribution >= 0.6 is 0 Å². The summed E-state index contributed by atoms with van der Waals surface area (Å²) in [6.45, 7) is 4.52. The van der Waals surface area contributed by atoms with Crippen LogP contribution in [0.5, 0.6) is 0 Å². The van der Waals surface area contributed by atoms with E-state index in [4.69, 9.17) is 0 Å². The van der Waals surface area contributed by atoms with Crippen LogP contribution in [0.4, 0.5) is 17.3 Å². The first-order valence-corrected chi connectivity index (χ1v) is 8.27. The Balaban J connectivity index is 1.68. The first-order valence-electron chi connectivity index (χ1n) is 8.27. The zero-order chi connectivity index (χ0) is 17.6. The zero-order valence-corrected chi connectivity index (χ0v) is 14.2. The van der Waals surface area contributed by atoms with Gasteiger partial charge in [0, 0.05) is 51.7 Å². The summed E-state index contributed by atoms with van der Waals surface area (Å²) in [5.41, 5.74) is -0.0466. The van der Waals surface area contributed by atoms with Gasteiger partial charge in [0.25, 0.3) is 0 Å². The molecule has 1 aliphatic rings. The van der Waals surface area contributed by atoms with Crippen LogP contribution in [0, 0.1) is 10.1 Å². The number of nitrogens with zero attached hydrogens (tertiary/aromatic N) is 7. The van der Waals surface area contributed by atoms with Gasteiger partial charge in [0.05, 0.1) is 11.3 Å². The highest BCUT2D eigenvalue weighted by Gasteiger charge is 2.28. The second-order valence-electron chi connectivity index (χ2n) is 6.02. The van der Waals surface area contributed by atoms with Gasteiger partial charge in [-0.1, -0.05) is 0 Å². The van der Waals surface area contributed by atoms with E-state index in [0.717, 1.165) is 26.1 Å². The number of likely N-dealkylation sites (N-methyl/N-ethyl adjacent to an activating group) is 1. The number of hydrogen-bond acceptors (Lipinski definition) is 8. The largest absolute Gasteiger partial charge is 0.364 e. The van der Waals surface area contributed by atoms with E-state index in [0.29, 0.717) is 25.5 Å². The summed E-state index contributed by atoms with van der Waals surface area (Å²) < 4.78 is 1.96. The number of rotatable bonds is 7. The van der Waals surface area contributed by atoms with Crippen LogP contribution in [0.15, 0.2) is 25.0 Å². The summed E-state index contributed by atoms with van der Waals surface area (Å²) in [4.78, 5) is 27.6. The highest BCUT2D eigenvalue weighted by molar-refractivity contribution is 5.70. The first-order chi connectivity index (χ1) is 12.1. The minimum Gasteiger partial charge on any atom is -0.364 e. The SMILES string of the molecule is CN1CCN(c2ncnc(NCCCn3ccnc3)c2[N+](=O)[O-])CC1. The Bertz CT molecular complexity index is 698. The van der Waals surface area contributed by atoms with Gasteiger partial charge in [0.1, 0.15) is 6.33 Å². The van der Waals surface area contributed by atoms with Crippen molar-refractivity contribution >= 4 is 17.3 Å². The normalized spacial score (nSPS) is 15.3. The van der Waals surface area contributed by atoms with E-state index in [-0.39, 0.29) is 11.5 Å². The predicted octanol–water partition coefficient (Wildman–Crippen LogP) is 0.835. The van der Waals surface area contributed by atoms with Gasteiger partial charge in [0.15, 0.2) is 0 Å². The number of anilines is 2. The molecule has 2 aromatic heterocycles. The van der Waals surface area contributed by atoms with Crippen molar-refractivity contribution in [2.45, 2.75) is 13.0 Å². The standard InChI is InChI=1S/C15H22N8O2/c1-20-7-9-22(10-8-20)15-13(23(24)25)14(18-11-19-15)17-3-2-5-21-6-4-16-12-21/h4,6,11-12H,2-3,5,7-10H2,1H3,(H,17,18,19). The third kappa shape index (κ3) is 4.21. The molecule has 0 atom stereocenters. The van der Waals surface area contributed by atoms with Gasteiger partial charge >= 0.3 is 5.69 Å². The summed E-state index contributed by atoms with van der Waals surface area (Å²) in [7, 11) is 2.04. The Hall–Kier alpha value is -2.75. The van der Waals surface area contributed by atoms with Gasteiger partial charge in [0.2, 0.25) is 11.6 Å². The second-order valence-corrected chi connectivity index (χ2v) is 6.02. The number of imidazole rings is 1. The molecule has 0 aromatic carbocycles. The molecule has 1 aliphatic heterocycles. The summed E-state index contributed by atoms with van der Waals surface area (Å²) in [6, 6.07) is 0. The van der Waals surface area contributed by atoms with Crippen LogP contribution in [0.3, 0.4) is 0 Å². The lowest BCUT2D eigenvalue weighted by molar-refractivity contribution is -0.383. The van der Waals surface area contributed by atoms with Gasteiger partial charge in [-0.3, -0.25) is 10.1 Å². The molecule has 25 heavy (non-hydrogen) atoms. The van der Waals surface area contributed by atoms with E-state index in [1.165, 1.54) is 6.33 Å². The average Bonchev–Trinajstić information content (AvgIpc) is 3.12. The Morgan fingerprint density at radius 3 is 2.76 bits per heavy atom. The molecular formula is C15H22N8O2. The molecule has 1 fully saturated rings. The third-order valence-electron chi connectivity index (χ3n) is 4.23. The van der Waals surface area contributed by atoms with Crippen molar-refractivity contribution in [3.63, 3.8) is 0 Å². The molecule has 3 rings (SSSR count). The second kappa shape index (κ2) is 7.88. The summed E-state index contributed by atoms with van der Waals surface area (Å²) >= 11 is 0. The van der Waals surface area contributed by atoms with Crippen molar-refractivity contribution in [3.8, 4) is 0 Å². The van der Waals surface area contributed by atoms with Crippen LogP contribution in [0.1, 0.15) is 6.42 Å². The van der Waals surface area contributed by atoms with Crippen LogP contribution in [-0.2, 0) is 6.54 Å². The average molecular weight is 346 g/mol. The minimum atomic E-state index is -0.397. The van der Waals surface area contributed by atoms with E-state index in [1.54, 1.807) is 12.5 Å². The van der Waals surface area contributed by atoms with E-state index in [1.807, 2.05) is 22.7 Å². The highest BCUT2D eigenvalue weighted by Crippen LogP contribution is 2.32. The van der Waals surface area contributed by atoms with Crippen molar-refractivity contribution in [2.24, 2.45) is 0 Å². The fourth-order valence-corrected chi connectivity index (χ4v) is 2.80. The first kappa shape index (κ1) is 17.1. The monoisotopic (exact) mass is 346 g/mol. The van der Waals surface area contributed by atoms with Crippen molar-refractivity contribution in [2.75, 3.05) is 50.0 Å². The summed E-state index contributed by atoms with van der Waals surface area (Å²) in [5, 5.41) is 14.7. The van der Waals surface area contributed by atoms with Gasteiger partial charge in [-0.05, 0) is 13.5 Å². The summed E-state index contributed by atoms with van der Waals surface area (Å²) in [5.74, 6) is 0.671. The molecule has 0 spiro atoms. The summed E-state index contributed by atoms with van der Waals surface area (Å²) in [6.07, 6.45) is 7.56. The van der Waals surface area contributed by atoms with E-state index < -0.39 is 4.92 Å². The number of piperazine rings is 1. The molecule has 134 valence electrons. The molecule has 10 nitrogen and oxygen atoms in total. The van der Waals surface area contributed by atoms with Crippen molar-refractivity contribution < 1.29 is 4.92 Å². The fourth-order valence-electron chi connectivity index (χ4n) is 2.80. The van der Waals surface area contributed by atoms with E-state index >= 15 is 0 Å². The molecule has 0 radical (unpaired) electrons. The Labute approximate surface area is 145 Å². The molecule has 0 aliphatic carbocycles. The number of aryl methyl sites for hydroxylation is 1. The Morgan fingerprint density at radius 2 is 2.08 bits per heavy atom. The van der Waals surface area contributed by atoms with Crippen molar-refractivity contribution in [1.82, 2.24) is 24.4 Å². The third-order valence-corrected chi connectivity index (χ3v) is 4.23. The predicted molar refractivity (Wildman–Crippen MR) is 93.7 cm³/mol. The lowest BCUT2D eigenvalue weighted by Gasteiger charge is -2.32. The van der Waals surface area contributed by atoms with Gasteiger partial charge in [-0.15, -0.1) is 0 Å². The number of nitrogens with one attached hydrogen (secondary N) is 1. The maximum Gasteiger partial charge on any atom is 0.353 e. The molecular weight excluding hydrogens is 324 g/mol. The van der Waals surface area contributed by atoms with Gasteiger partial charge in [-0.2, -0.15) is 0 Å². The Morgan fingerprint density at radius 1 is 1.28 bits per heavy atom. The lowest BCUT2D eigenvalue weighted by Crippen LogP contribution is -2.45. The smallest absolute Gasteiger partial charge is 0.353 e. The number of aromatic nitrogens is 4. The van der Waals surface area contributed by atoms with Crippen LogP contribution < -0.4 is 10.2 Å². The minimum absolute atomic E-state index is 0.0466. The van der Waals surface area contributed by atoms with E-state index in [9.17, 15) is 10.1 Å². The quantitative estimate of drug-likeness (QED) is 0.447. The lowest BCUT2D eigenvalue weighted by atomic mass is 10.3. The molecule has 10 heteroatoms. The highest BCUT2D eigenvalue weighted by atomic mass is 16.6. The van der Waals surface area contributed by atoms with Crippen LogP contribution in [0.2, 0.25) is 0 Å². The zero-order valence-electron chi connectivity index (χ0n) is 14.2. The molecule has 0 saturated carbocycles. The van der Waals surface area contributed by atoms with Crippen LogP contribution in [-0.4, -0.2) is 69.1 Å². The van der Waals surface area contributed by atoms with Crippen LogP contribution in [0.25, 0.3) is 0 Å². The van der Waals surface area contributed by atoms with Crippen molar-refractivity contribution in [3.05, 3.63) is 35.2 Å². The van der Waals surface area contributed by atoms with E-state index in [2.05, 4.69) is 25.2 Å². The number of hydrogen-bond donors (Lipinski definition) is 1. The topological polar surface area (TPSA) is 105 Å². The molecule has 0 bridgehead atoms. The number of nitro groups is 1. The fraction of sp³-hybridized carbons (Fsp3) is 0.533. The molecule has 0 unspecified atom stereocenters. The maximum atomic E-state index is 11.6. The molecule has 1 N–H and O–H groups in total. The maximum absolute atomic E-state index is 11.6.